The van der Waals surface area contributed by atoms with Crippen molar-refractivity contribution in [2.45, 2.75) is 76.2 Å². The Bertz CT molecular complexity index is 1510. The fourth-order valence-electron chi connectivity index (χ4n) is 5.49. The van der Waals surface area contributed by atoms with E-state index >= 15 is 0 Å². The summed E-state index contributed by atoms with van der Waals surface area (Å²) in [7, 11) is 0. The van der Waals surface area contributed by atoms with Gasteiger partial charge in [0.15, 0.2) is 0 Å². The predicted octanol–water partition coefficient (Wildman–Crippen LogP) is 15.5. The van der Waals surface area contributed by atoms with Gasteiger partial charge in [-0.15, -0.1) is 0 Å². The van der Waals surface area contributed by atoms with Gasteiger partial charge in [-0.1, -0.05) is 221 Å². The van der Waals surface area contributed by atoms with E-state index in [4.69, 9.17) is 0 Å². The summed E-state index contributed by atoms with van der Waals surface area (Å²) in [6, 6.07) is 54.3. The minimum Gasteiger partial charge on any atom is -0.0683 e. The van der Waals surface area contributed by atoms with Crippen LogP contribution in [0, 0.1) is 6.92 Å². The Labute approximate surface area is 288 Å². The third-order valence-electron chi connectivity index (χ3n) is 7.06. The van der Waals surface area contributed by atoms with Crippen LogP contribution >= 0.6 is 0 Å². The smallest absolute Gasteiger partial charge is 0.00141 e. The normalized spacial score (nSPS) is 9.17. The van der Waals surface area contributed by atoms with E-state index in [1.807, 2.05) is 69.2 Å². The fourth-order valence-corrected chi connectivity index (χ4v) is 5.49. The average molecular weight is 623 g/mol. The quantitative estimate of drug-likeness (QED) is 0.179. The summed E-state index contributed by atoms with van der Waals surface area (Å²) in [5.41, 5.74) is 13.8. The van der Waals surface area contributed by atoms with Crippen LogP contribution in [0.25, 0.3) is 55.6 Å². The first kappa shape index (κ1) is 40.3. The maximum absolute atomic E-state index is 2.29. The van der Waals surface area contributed by atoms with Crippen LogP contribution in [-0.4, -0.2) is 0 Å². The molecule has 0 atom stereocenters. The summed E-state index contributed by atoms with van der Waals surface area (Å²) < 4.78 is 0. The molecule has 0 aliphatic carbocycles. The van der Waals surface area contributed by atoms with Crippen LogP contribution in [0.4, 0.5) is 0 Å². The van der Waals surface area contributed by atoms with Crippen molar-refractivity contribution in [3.63, 3.8) is 0 Å². The summed E-state index contributed by atoms with van der Waals surface area (Å²) in [6.07, 6.45) is 0. The van der Waals surface area contributed by atoms with Crippen LogP contribution in [0.5, 0.6) is 0 Å². The molecule has 0 heterocycles. The molecule has 47 heavy (non-hydrogen) atoms. The molecule has 0 unspecified atom stereocenters. The Morgan fingerprint density at radius 1 is 0.213 bits per heavy atom. The van der Waals surface area contributed by atoms with Crippen LogP contribution in [0.2, 0.25) is 0 Å². The largest absolute Gasteiger partial charge is 0.0683 e. The monoisotopic (exact) mass is 622 g/mol. The average Bonchev–Trinajstić information content (AvgIpc) is 3.20. The molecule has 0 aliphatic heterocycles. The van der Waals surface area contributed by atoms with E-state index in [0.717, 1.165) is 0 Å². The second-order valence-corrected chi connectivity index (χ2v) is 9.33. The van der Waals surface area contributed by atoms with Gasteiger partial charge in [0.05, 0.1) is 0 Å². The molecule has 0 aliphatic rings. The maximum atomic E-state index is 2.29. The van der Waals surface area contributed by atoms with E-state index < -0.39 is 0 Å². The first-order valence-corrected chi connectivity index (χ1v) is 17.8. The Hall–Kier alpha value is -4.68. The van der Waals surface area contributed by atoms with Crippen molar-refractivity contribution in [1.82, 2.24) is 0 Å². The molecule has 0 fully saturated rings. The highest BCUT2D eigenvalue weighted by molar-refractivity contribution is 6.09. The number of benzene rings is 6. The molecule has 246 valence electrons. The van der Waals surface area contributed by atoms with Crippen molar-refractivity contribution >= 4 is 0 Å². The zero-order chi connectivity index (χ0) is 35.0. The first-order valence-electron chi connectivity index (χ1n) is 17.8. The zero-order valence-corrected chi connectivity index (χ0v) is 30.9. The summed E-state index contributed by atoms with van der Waals surface area (Å²) in [4.78, 5) is 0. The fraction of sp³-hybridized carbons (Fsp3) is 0.234. The molecule has 0 nitrogen and oxygen atoms in total. The highest BCUT2D eigenvalue weighted by Gasteiger charge is 2.26. The molecular formula is C47H58. The van der Waals surface area contributed by atoms with E-state index in [1.54, 1.807) is 0 Å². The lowest BCUT2D eigenvalue weighted by atomic mass is 9.76. The molecule has 0 aromatic heterocycles. The molecule has 0 spiro atoms. The standard InChI is InChI=1S/C37H28.5C2H6/c1-27-33(28-17-7-2-8-18-28)35(30-21-11-4-12-22-30)37(32-25-15-6-16-26-32)36(31-23-13-5-14-24-31)34(27)29-19-9-3-10-20-29;5*1-2/h2-26H,1H3;5*1-2H3. The second-order valence-electron chi connectivity index (χ2n) is 9.33. The van der Waals surface area contributed by atoms with Gasteiger partial charge in [-0.2, -0.15) is 0 Å². The van der Waals surface area contributed by atoms with Crippen molar-refractivity contribution in [3.05, 3.63) is 157 Å². The third kappa shape index (κ3) is 10.2. The van der Waals surface area contributed by atoms with Crippen molar-refractivity contribution in [1.29, 1.82) is 0 Å². The van der Waals surface area contributed by atoms with Crippen LogP contribution in [0.15, 0.2) is 152 Å². The van der Waals surface area contributed by atoms with Crippen molar-refractivity contribution in [2.75, 3.05) is 0 Å². The van der Waals surface area contributed by atoms with Gasteiger partial charge in [0.2, 0.25) is 0 Å². The van der Waals surface area contributed by atoms with Gasteiger partial charge in [0, 0.05) is 0 Å². The predicted molar refractivity (Wildman–Crippen MR) is 215 cm³/mol. The SMILES string of the molecule is CC.CC.CC.CC.CC.Cc1c(-c2ccccc2)c(-c2ccccc2)c(-c2ccccc2)c(-c2ccccc2)c1-c1ccccc1. The van der Waals surface area contributed by atoms with E-state index in [0.29, 0.717) is 0 Å². The molecule has 0 N–H and O–H groups in total. The molecule has 0 radical (unpaired) electrons. The number of rotatable bonds is 5. The van der Waals surface area contributed by atoms with E-state index in [-0.39, 0.29) is 0 Å². The Morgan fingerprint density at radius 2 is 0.362 bits per heavy atom. The molecule has 0 heteroatoms. The lowest BCUT2D eigenvalue weighted by Gasteiger charge is -2.27. The second kappa shape index (κ2) is 23.6. The van der Waals surface area contributed by atoms with Crippen LogP contribution in [-0.2, 0) is 0 Å². The summed E-state index contributed by atoms with van der Waals surface area (Å²) in [6.45, 7) is 22.3. The molecular weight excluding hydrogens is 565 g/mol. The van der Waals surface area contributed by atoms with Gasteiger partial charge in [-0.25, -0.2) is 0 Å². The lowest BCUT2D eigenvalue weighted by Crippen LogP contribution is -2.01. The van der Waals surface area contributed by atoms with Gasteiger partial charge in [-0.3, -0.25) is 0 Å². The number of hydrogen-bond acceptors (Lipinski definition) is 0. The van der Waals surface area contributed by atoms with Gasteiger partial charge in [0.1, 0.15) is 0 Å². The lowest BCUT2D eigenvalue weighted by molar-refractivity contribution is 1.43. The first-order chi connectivity index (χ1) is 23.3. The van der Waals surface area contributed by atoms with Gasteiger partial charge in [0.25, 0.3) is 0 Å². The highest BCUT2D eigenvalue weighted by atomic mass is 14.3. The Kier molecular flexibility index (Phi) is 20.3. The zero-order valence-electron chi connectivity index (χ0n) is 30.9. The third-order valence-corrected chi connectivity index (χ3v) is 7.06. The molecule has 0 saturated carbocycles. The van der Waals surface area contributed by atoms with Crippen molar-refractivity contribution in [2.24, 2.45) is 0 Å². The highest BCUT2D eigenvalue weighted by Crippen LogP contribution is 2.52. The molecule has 0 amide bonds. The van der Waals surface area contributed by atoms with Gasteiger partial charge in [-0.05, 0) is 68.1 Å². The van der Waals surface area contributed by atoms with Crippen molar-refractivity contribution in [3.8, 4) is 55.6 Å². The van der Waals surface area contributed by atoms with Crippen LogP contribution in [0.3, 0.4) is 0 Å². The summed E-state index contributed by atoms with van der Waals surface area (Å²) in [5, 5.41) is 0. The van der Waals surface area contributed by atoms with E-state index in [2.05, 4.69) is 159 Å². The molecule has 0 saturated heterocycles. The Balaban J connectivity index is 0.00000101. The van der Waals surface area contributed by atoms with Crippen LogP contribution < -0.4 is 0 Å². The molecule has 6 aromatic rings. The van der Waals surface area contributed by atoms with E-state index in [9.17, 15) is 0 Å². The van der Waals surface area contributed by atoms with E-state index in [1.165, 1.54) is 61.2 Å². The molecule has 6 rings (SSSR count). The molecule has 6 aromatic carbocycles. The minimum absolute atomic E-state index is 1.22. The van der Waals surface area contributed by atoms with Gasteiger partial charge >= 0.3 is 0 Å². The Morgan fingerprint density at radius 3 is 0.553 bits per heavy atom. The van der Waals surface area contributed by atoms with Crippen LogP contribution in [0.1, 0.15) is 74.8 Å². The summed E-state index contributed by atoms with van der Waals surface area (Å²) >= 11 is 0. The maximum Gasteiger partial charge on any atom is -0.00141 e. The number of hydrogen-bond donors (Lipinski definition) is 0. The minimum atomic E-state index is 1.22. The summed E-state index contributed by atoms with van der Waals surface area (Å²) in [5.74, 6) is 0. The van der Waals surface area contributed by atoms with Gasteiger partial charge < -0.3 is 0 Å². The van der Waals surface area contributed by atoms with Crippen molar-refractivity contribution < 1.29 is 0 Å². The topological polar surface area (TPSA) is 0 Å². The molecule has 0 bridgehead atoms.